The molecule has 3 N–H and O–H groups in total. The number of nitrogens with zero attached hydrogens (tertiary/aromatic N) is 2. The SMILES string of the molecule is Nc1nc(CCNCc2cscn2)cs1. The lowest BCUT2D eigenvalue weighted by Gasteiger charge is -1.99. The highest BCUT2D eigenvalue weighted by molar-refractivity contribution is 7.13. The van der Waals surface area contributed by atoms with E-state index in [1.807, 2.05) is 16.3 Å². The van der Waals surface area contributed by atoms with Gasteiger partial charge in [0, 0.05) is 30.3 Å². The predicted molar refractivity (Wildman–Crippen MR) is 64.1 cm³/mol. The zero-order chi connectivity index (χ0) is 10.5. The maximum atomic E-state index is 5.54. The molecule has 2 aromatic heterocycles. The molecule has 0 radical (unpaired) electrons. The first-order valence-electron chi connectivity index (χ1n) is 4.62. The Kier molecular flexibility index (Phi) is 3.65. The number of rotatable bonds is 5. The summed E-state index contributed by atoms with van der Waals surface area (Å²) in [5.41, 5.74) is 9.54. The number of thiazole rings is 2. The molecule has 0 spiro atoms. The summed E-state index contributed by atoms with van der Waals surface area (Å²) in [4.78, 5) is 8.38. The van der Waals surface area contributed by atoms with E-state index in [0.717, 1.165) is 30.9 Å². The number of hydrogen-bond acceptors (Lipinski definition) is 6. The summed E-state index contributed by atoms with van der Waals surface area (Å²) < 4.78 is 0. The van der Waals surface area contributed by atoms with Crippen molar-refractivity contribution in [1.82, 2.24) is 15.3 Å². The number of anilines is 1. The second-order valence-electron chi connectivity index (χ2n) is 3.08. The molecule has 4 nitrogen and oxygen atoms in total. The lowest BCUT2D eigenvalue weighted by molar-refractivity contribution is 0.673. The van der Waals surface area contributed by atoms with Gasteiger partial charge in [-0.1, -0.05) is 0 Å². The van der Waals surface area contributed by atoms with Crippen molar-refractivity contribution < 1.29 is 0 Å². The molecule has 0 aliphatic heterocycles. The van der Waals surface area contributed by atoms with Crippen LogP contribution in [0.15, 0.2) is 16.3 Å². The van der Waals surface area contributed by atoms with E-state index in [1.54, 1.807) is 11.3 Å². The Labute approximate surface area is 96.2 Å². The van der Waals surface area contributed by atoms with Gasteiger partial charge < -0.3 is 11.1 Å². The lowest BCUT2D eigenvalue weighted by atomic mass is 10.3. The molecule has 0 atom stereocenters. The average Bonchev–Trinajstić information content (AvgIpc) is 2.84. The van der Waals surface area contributed by atoms with Gasteiger partial charge in [0.05, 0.1) is 16.9 Å². The maximum absolute atomic E-state index is 5.54. The van der Waals surface area contributed by atoms with Crippen molar-refractivity contribution in [3.8, 4) is 0 Å². The Hall–Kier alpha value is -0.980. The molecule has 0 aliphatic rings. The smallest absolute Gasteiger partial charge is 0.180 e. The molecule has 0 unspecified atom stereocenters. The van der Waals surface area contributed by atoms with E-state index in [4.69, 9.17) is 5.73 Å². The molecule has 0 bridgehead atoms. The van der Waals surface area contributed by atoms with Crippen molar-refractivity contribution in [2.75, 3.05) is 12.3 Å². The summed E-state index contributed by atoms with van der Waals surface area (Å²) in [6.45, 7) is 1.73. The summed E-state index contributed by atoms with van der Waals surface area (Å²) in [6.07, 6.45) is 0.915. The zero-order valence-corrected chi connectivity index (χ0v) is 9.77. The summed E-state index contributed by atoms with van der Waals surface area (Å²) in [5.74, 6) is 0. The fraction of sp³-hybridized carbons (Fsp3) is 0.333. The van der Waals surface area contributed by atoms with Crippen molar-refractivity contribution in [2.24, 2.45) is 0 Å². The van der Waals surface area contributed by atoms with Crippen molar-refractivity contribution >= 4 is 27.8 Å². The topological polar surface area (TPSA) is 63.8 Å². The molecule has 0 amide bonds. The van der Waals surface area contributed by atoms with Crippen molar-refractivity contribution in [3.05, 3.63) is 27.7 Å². The minimum Gasteiger partial charge on any atom is -0.375 e. The Bertz CT molecular complexity index is 396. The van der Waals surface area contributed by atoms with Crippen LogP contribution in [0.5, 0.6) is 0 Å². The summed E-state index contributed by atoms with van der Waals surface area (Å²) in [7, 11) is 0. The summed E-state index contributed by atoms with van der Waals surface area (Å²) in [6, 6.07) is 0. The van der Waals surface area contributed by atoms with Crippen molar-refractivity contribution in [2.45, 2.75) is 13.0 Å². The number of hydrogen-bond donors (Lipinski definition) is 2. The van der Waals surface area contributed by atoms with E-state index in [-0.39, 0.29) is 0 Å². The Balaban J connectivity index is 1.67. The molecule has 0 saturated carbocycles. The lowest BCUT2D eigenvalue weighted by Crippen LogP contribution is -2.16. The Morgan fingerprint density at radius 3 is 2.93 bits per heavy atom. The normalized spacial score (nSPS) is 10.7. The minimum atomic E-state index is 0.643. The summed E-state index contributed by atoms with van der Waals surface area (Å²) >= 11 is 3.11. The van der Waals surface area contributed by atoms with Gasteiger partial charge in [-0.05, 0) is 0 Å². The van der Waals surface area contributed by atoms with Gasteiger partial charge in [-0.2, -0.15) is 0 Å². The van der Waals surface area contributed by atoms with Gasteiger partial charge in [-0.3, -0.25) is 0 Å². The van der Waals surface area contributed by atoms with Gasteiger partial charge in [0.1, 0.15) is 0 Å². The van der Waals surface area contributed by atoms with Crippen LogP contribution in [0.1, 0.15) is 11.4 Å². The molecule has 2 heterocycles. The third kappa shape index (κ3) is 3.26. The first kappa shape index (κ1) is 10.5. The van der Waals surface area contributed by atoms with Crippen LogP contribution < -0.4 is 11.1 Å². The highest BCUT2D eigenvalue weighted by Crippen LogP contribution is 2.10. The Morgan fingerprint density at radius 1 is 1.33 bits per heavy atom. The van der Waals surface area contributed by atoms with Crippen molar-refractivity contribution in [1.29, 1.82) is 0 Å². The third-order valence-electron chi connectivity index (χ3n) is 1.92. The third-order valence-corrected chi connectivity index (χ3v) is 3.28. The van der Waals surface area contributed by atoms with Crippen LogP contribution in [0.3, 0.4) is 0 Å². The maximum Gasteiger partial charge on any atom is 0.180 e. The van der Waals surface area contributed by atoms with Crippen LogP contribution in [0, 0.1) is 0 Å². The molecule has 2 rings (SSSR count). The average molecular weight is 240 g/mol. The standard InChI is InChI=1S/C9H12N4S2/c10-9-13-7(5-15-9)1-2-11-3-8-4-14-6-12-8/h4-6,11H,1-3H2,(H2,10,13). The fourth-order valence-electron chi connectivity index (χ4n) is 1.20. The van der Waals surface area contributed by atoms with Gasteiger partial charge in [-0.15, -0.1) is 22.7 Å². The molecule has 0 fully saturated rings. The molecule has 80 valence electrons. The molecular weight excluding hydrogens is 228 g/mol. The van der Waals surface area contributed by atoms with E-state index in [9.17, 15) is 0 Å². The van der Waals surface area contributed by atoms with E-state index in [0.29, 0.717) is 5.13 Å². The number of nitrogens with one attached hydrogen (secondary N) is 1. The van der Waals surface area contributed by atoms with Gasteiger partial charge >= 0.3 is 0 Å². The van der Waals surface area contributed by atoms with E-state index in [2.05, 4.69) is 15.3 Å². The minimum absolute atomic E-state index is 0.643. The van der Waals surface area contributed by atoms with E-state index < -0.39 is 0 Å². The largest absolute Gasteiger partial charge is 0.375 e. The predicted octanol–water partition coefficient (Wildman–Crippen LogP) is 1.51. The van der Waals surface area contributed by atoms with E-state index in [1.165, 1.54) is 11.3 Å². The van der Waals surface area contributed by atoms with Crippen molar-refractivity contribution in [3.63, 3.8) is 0 Å². The second kappa shape index (κ2) is 5.20. The monoisotopic (exact) mass is 240 g/mol. The second-order valence-corrected chi connectivity index (χ2v) is 4.69. The fourth-order valence-corrected chi connectivity index (χ4v) is 2.35. The first-order chi connectivity index (χ1) is 7.34. The van der Waals surface area contributed by atoms with Crippen LogP contribution in [-0.4, -0.2) is 16.5 Å². The molecule has 0 aromatic carbocycles. The number of nitrogens with two attached hydrogens (primary N) is 1. The highest BCUT2D eigenvalue weighted by Gasteiger charge is 1.98. The molecule has 0 aliphatic carbocycles. The number of nitrogen functional groups attached to an aromatic ring is 1. The van der Waals surface area contributed by atoms with Crippen LogP contribution >= 0.6 is 22.7 Å². The quantitative estimate of drug-likeness (QED) is 0.778. The first-order valence-corrected chi connectivity index (χ1v) is 6.44. The molecule has 6 heteroatoms. The van der Waals surface area contributed by atoms with Gasteiger partial charge in [-0.25, -0.2) is 9.97 Å². The van der Waals surface area contributed by atoms with Crippen LogP contribution in [0.2, 0.25) is 0 Å². The highest BCUT2D eigenvalue weighted by atomic mass is 32.1. The molecular formula is C9H12N4S2. The van der Waals surface area contributed by atoms with E-state index >= 15 is 0 Å². The van der Waals surface area contributed by atoms with Gasteiger partial charge in [0.2, 0.25) is 0 Å². The Morgan fingerprint density at radius 2 is 2.27 bits per heavy atom. The zero-order valence-electron chi connectivity index (χ0n) is 8.14. The number of aromatic nitrogens is 2. The van der Waals surface area contributed by atoms with Crippen LogP contribution in [0.25, 0.3) is 0 Å². The summed E-state index contributed by atoms with van der Waals surface area (Å²) in [5, 5.41) is 8.01. The van der Waals surface area contributed by atoms with Crippen LogP contribution in [-0.2, 0) is 13.0 Å². The molecule has 0 saturated heterocycles. The van der Waals surface area contributed by atoms with Crippen LogP contribution in [0.4, 0.5) is 5.13 Å². The van der Waals surface area contributed by atoms with Gasteiger partial charge in [0.15, 0.2) is 5.13 Å². The molecule has 2 aromatic rings. The van der Waals surface area contributed by atoms with Gasteiger partial charge in [0.25, 0.3) is 0 Å². The molecule has 15 heavy (non-hydrogen) atoms.